The highest BCUT2D eigenvalue weighted by atomic mass is 35.5. The van der Waals surface area contributed by atoms with Crippen molar-refractivity contribution in [1.82, 2.24) is 9.13 Å². The molecule has 3 aromatic rings. The molecule has 0 radical (unpaired) electrons. The largest absolute Gasteiger partial charge is 0.491 e. The Labute approximate surface area is 170 Å². The fourth-order valence-electron chi connectivity index (χ4n) is 3.01. The number of aryl methyl sites for hydroxylation is 1. The van der Waals surface area contributed by atoms with Gasteiger partial charge in [0.05, 0.1) is 17.6 Å². The summed E-state index contributed by atoms with van der Waals surface area (Å²) in [7, 11) is 0. The standard InChI is InChI=1S/C20H24ClN3O2.ClH/c1-2-3-12-23-18-6-4-5-7-19(18)24(20(23)22)13-16(25)14-26-17-10-8-15(21)9-11-17;/h4-11,16,22,25H,2-3,12-14H2,1H3;1H. The molecule has 146 valence electrons. The predicted octanol–water partition coefficient (Wildman–Crippen LogP) is 4.24. The number of nitrogens with one attached hydrogen (secondary N) is 1. The fourth-order valence-corrected chi connectivity index (χ4v) is 3.13. The van der Waals surface area contributed by atoms with Crippen molar-refractivity contribution in [1.29, 1.82) is 5.41 Å². The van der Waals surface area contributed by atoms with E-state index in [2.05, 4.69) is 6.92 Å². The van der Waals surface area contributed by atoms with Gasteiger partial charge in [-0.3, -0.25) is 5.41 Å². The van der Waals surface area contributed by atoms with Gasteiger partial charge < -0.3 is 19.0 Å². The van der Waals surface area contributed by atoms with Gasteiger partial charge in [0.2, 0.25) is 5.62 Å². The van der Waals surface area contributed by atoms with E-state index in [-0.39, 0.29) is 19.0 Å². The number of hydrogen-bond acceptors (Lipinski definition) is 3. The van der Waals surface area contributed by atoms with Gasteiger partial charge in [0.15, 0.2) is 0 Å². The summed E-state index contributed by atoms with van der Waals surface area (Å²) in [4.78, 5) is 0. The molecular formula is C20H25Cl2N3O2. The summed E-state index contributed by atoms with van der Waals surface area (Å²) in [6, 6.07) is 15.0. The van der Waals surface area contributed by atoms with Crippen LogP contribution in [0.4, 0.5) is 0 Å². The maximum Gasteiger partial charge on any atom is 0.203 e. The lowest BCUT2D eigenvalue weighted by Gasteiger charge is -2.14. The lowest BCUT2D eigenvalue weighted by molar-refractivity contribution is 0.0921. The smallest absolute Gasteiger partial charge is 0.203 e. The number of aliphatic hydroxyl groups is 1. The first-order valence-electron chi connectivity index (χ1n) is 8.89. The van der Waals surface area contributed by atoms with E-state index in [0.717, 1.165) is 30.4 Å². The van der Waals surface area contributed by atoms with Crippen LogP contribution >= 0.6 is 24.0 Å². The monoisotopic (exact) mass is 409 g/mol. The number of hydrogen-bond donors (Lipinski definition) is 2. The molecule has 0 amide bonds. The van der Waals surface area contributed by atoms with Gasteiger partial charge in [0.25, 0.3) is 0 Å². The second kappa shape index (κ2) is 9.83. The van der Waals surface area contributed by atoms with Gasteiger partial charge in [-0.05, 0) is 42.8 Å². The predicted molar refractivity (Wildman–Crippen MR) is 111 cm³/mol. The Morgan fingerprint density at radius 3 is 2.33 bits per heavy atom. The number of para-hydroxylation sites is 2. The number of rotatable bonds is 8. The zero-order valence-electron chi connectivity index (χ0n) is 15.3. The molecule has 0 saturated heterocycles. The summed E-state index contributed by atoms with van der Waals surface area (Å²) in [5.74, 6) is 0.662. The topological polar surface area (TPSA) is 63.2 Å². The van der Waals surface area contributed by atoms with E-state index < -0.39 is 6.10 Å². The maximum atomic E-state index is 10.4. The Kier molecular flexibility index (Phi) is 7.78. The third kappa shape index (κ3) is 5.06. The first-order chi connectivity index (χ1) is 12.6. The lowest BCUT2D eigenvalue weighted by atomic mass is 10.3. The molecule has 0 fully saturated rings. The van der Waals surface area contributed by atoms with Crippen LogP contribution in [0, 0.1) is 5.41 Å². The van der Waals surface area contributed by atoms with Crippen LogP contribution in [0.2, 0.25) is 5.02 Å². The van der Waals surface area contributed by atoms with Gasteiger partial charge in [-0.2, -0.15) is 0 Å². The number of nitrogens with zero attached hydrogens (tertiary/aromatic N) is 2. The van der Waals surface area contributed by atoms with Gasteiger partial charge >= 0.3 is 0 Å². The molecule has 2 aromatic carbocycles. The quantitative estimate of drug-likeness (QED) is 0.584. The van der Waals surface area contributed by atoms with E-state index in [0.29, 0.717) is 22.9 Å². The molecule has 3 rings (SSSR count). The molecule has 7 heteroatoms. The van der Waals surface area contributed by atoms with Crippen molar-refractivity contribution in [3.05, 3.63) is 59.2 Å². The minimum absolute atomic E-state index is 0. The molecule has 1 heterocycles. The van der Waals surface area contributed by atoms with Crippen LogP contribution in [0.25, 0.3) is 11.0 Å². The molecule has 1 unspecified atom stereocenters. The first kappa shape index (κ1) is 21.4. The highest BCUT2D eigenvalue weighted by Gasteiger charge is 2.14. The lowest BCUT2D eigenvalue weighted by Crippen LogP contribution is -2.31. The third-order valence-corrected chi connectivity index (χ3v) is 4.61. The molecule has 2 N–H and O–H groups in total. The van der Waals surface area contributed by atoms with E-state index in [1.807, 2.05) is 33.4 Å². The molecule has 27 heavy (non-hydrogen) atoms. The second-order valence-electron chi connectivity index (χ2n) is 6.35. The molecule has 0 bridgehead atoms. The molecule has 0 aliphatic rings. The van der Waals surface area contributed by atoms with Crippen LogP contribution in [0.15, 0.2) is 48.5 Å². The SMILES string of the molecule is CCCCn1c(=N)n(CC(O)COc2ccc(Cl)cc2)c2ccccc21.Cl. The van der Waals surface area contributed by atoms with Crippen LogP contribution in [-0.2, 0) is 13.1 Å². The maximum absolute atomic E-state index is 10.4. The number of fused-ring (bicyclic) bond motifs is 1. The number of unbranched alkanes of at least 4 members (excludes halogenated alkanes) is 1. The van der Waals surface area contributed by atoms with E-state index >= 15 is 0 Å². The summed E-state index contributed by atoms with van der Waals surface area (Å²) in [5, 5.41) is 19.6. The first-order valence-corrected chi connectivity index (χ1v) is 9.27. The Hall–Kier alpha value is -1.95. The number of aromatic nitrogens is 2. The van der Waals surface area contributed by atoms with Crippen molar-refractivity contribution < 1.29 is 9.84 Å². The summed E-state index contributed by atoms with van der Waals surface area (Å²) in [6.07, 6.45) is 1.38. The summed E-state index contributed by atoms with van der Waals surface area (Å²) >= 11 is 5.86. The summed E-state index contributed by atoms with van der Waals surface area (Å²) < 4.78 is 9.48. The van der Waals surface area contributed by atoms with E-state index in [9.17, 15) is 5.11 Å². The molecule has 0 spiro atoms. The number of imidazole rings is 1. The van der Waals surface area contributed by atoms with Gasteiger partial charge in [-0.15, -0.1) is 12.4 Å². The van der Waals surface area contributed by atoms with Gasteiger partial charge in [0.1, 0.15) is 18.5 Å². The normalized spacial score (nSPS) is 12.0. The number of ether oxygens (including phenoxy) is 1. The molecule has 0 saturated carbocycles. The average Bonchev–Trinajstić information content (AvgIpc) is 2.91. The number of aliphatic hydroxyl groups excluding tert-OH is 1. The minimum Gasteiger partial charge on any atom is -0.491 e. The van der Waals surface area contributed by atoms with Gasteiger partial charge in [-0.1, -0.05) is 37.1 Å². The van der Waals surface area contributed by atoms with Crippen molar-refractivity contribution >= 4 is 35.0 Å². The summed E-state index contributed by atoms with van der Waals surface area (Å²) in [6.45, 7) is 3.41. The Morgan fingerprint density at radius 1 is 1.07 bits per heavy atom. The third-order valence-electron chi connectivity index (χ3n) is 4.36. The van der Waals surface area contributed by atoms with Gasteiger partial charge in [-0.25, -0.2) is 0 Å². The van der Waals surface area contributed by atoms with Crippen LogP contribution in [0.5, 0.6) is 5.75 Å². The number of halogens is 2. The van der Waals surface area contributed by atoms with Gasteiger partial charge in [0, 0.05) is 11.6 Å². The van der Waals surface area contributed by atoms with Crippen LogP contribution in [-0.4, -0.2) is 27.0 Å². The van der Waals surface area contributed by atoms with Crippen LogP contribution in [0.3, 0.4) is 0 Å². The van der Waals surface area contributed by atoms with E-state index in [1.165, 1.54) is 0 Å². The highest BCUT2D eigenvalue weighted by Crippen LogP contribution is 2.17. The van der Waals surface area contributed by atoms with Crippen molar-refractivity contribution in [2.45, 2.75) is 39.0 Å². The van der Waals surface area contributed by atoms with Crippen molar-refractivity contribution in [3.8, 4) is 5.75 Å². The van der Waals surface area contributed by atoms with Crippen molar-refractivity contribution in [2.24, 2.45) is 0 Å². The van der Waals surface area contributed by atoms with E-state index in [1.54, 1.807) is 24.3 Å². The number of benzene rings is 2. The molecule has 5 nitrogen and oxygen atoms in total. The molecular weight excluding hydrogens is 385 g/mol. The zero-order valence-corrected chi connectivity index (χ0v) is 16.8. The molecule has 1 aromatic heterocycles. The minimum atomic E-state index is -0.717. The Morgan fingerprint density at radius 2 is 1.70 bits per heavy atom. The summed E-state index contributed by atoms with van der Waals surface area (Å²) in [5.41, 5.74) is 2.39. The Bertz CT molecular complexity index is 919. The molecule has 0 aliphatic heterocycles. The molecule has 0 aliphatic carbocycles. The fraction of sp³-hybridized carbons (Fsp3) is 0.350. The van der Waals surface area contributed by atoms with Crippen molar-refractivity contribution in [2.75, 3.05) is 6.61 Å². The Balaban J connectivity index is 0.00000261. The molecule has 1 atom stereocenters. The average molecular weight is 410 g/mol. The zero-order chi connectivity index (χ0) is 18.5. The van der Waals surface area contributed by atoms with E-state index in [4.69, 9.17) is 21.7 Å². The van der Waals surface area contributed by atoms with Crippen molar-refractivity contribution in [3.63, 3.8) is 0 Å². The van der Waals surface area contributed by atoms with Crippen LogP contribution in [0.1, 0.15) is 19.8 Å². The second-order valence-corrected chi connectivity index (χ2v) is 6.78. The van der Waals surface area contributed by atoms with Crippen LogP contribution < -0.4 is 10.4 Å². The highest BCUT2D eigenvalue weighted by molar-refractivity contribution is 6.30.